The lowest BCUT2D eigenvalue weighted by atomic mass is 9.71. The van der Waals surface area contributed by atoms with Crippen LogP contribution in [-0.2, 0) is 48.0 Å². The Morgan fingerprint density at radius 1 is 1.08 bits per heavy atom. The fourth-order valence-corrected chi connectivity index (χ4v) is 11.2. The Morgan fingerprint density at radius 2 is 1.86 bits per heavy atom. The number of Topliss-reactive ketones (excluding diaryl/α,β-unsaturated/α-hetero) is 2. The molecule has 2 aliphatic heterocycles. The van der Waals surface area contributed by atoms with Gasteiger partial charge in [0.2, 0.25) is 11.7 Å². The first-order valence-electron chi connectivity index (χ1n) is 21.8. The van der Waals surface area contributed by atoms with Crippen molar-refractivity contribution < 1.29 is 68.1 Å². The predicted molar refractivity (Wildman–Crippen MR) is 244 cm³/mol. The highest BCUT2D eigenvalue weighted by Crippen LogP contribution is 2.53. The SMILES string of the molecule is COc1cccc2c1C(=O)c1c(O)c3c(c(OCc4ccc(SSCCC(=O)N(C)C)c(CCOCC(C)=O)c4)c1C2=O)CC(O)(C(=O)CO)CC3OC1CC(N2C=CCC2)C(O)C(C)O1. The summed E-state index contributed by atoms with van der Waals surface area (Å²) < 4.78 is 30.5. The lowest BCUT2D eigenvalue weighted by molar-refractivity contribution is -0.256. The Morgan fingerprint density at radius 3 is 2.56 bits per heavy atom. The van der Waals surface area contributed by atoms with Gasteiger partial charge in [0.05, 0.1) is 48.7 Å². The maximum absolute atomic E-state index is 14.7. The molecule has 3 aromatic carbocycles. The van der Waals surface area contributed by atoms with Crippen molar-refractivity contribution in [1.29, 1.82) is 0 Å². The molecule has 0 radical (unpaired) electrons. The standard InChI is InChI=1S/C48H56N2O14S2/c1-26(52)24-61-17-13-29-19-28(11-12-35(29)66-65-18-14-37(54)49(3)4)25-62-47-31-21-48(59,36(53)23-51)22-34(64-38-20-32(43(55)27(2)63-38)50-15-6-7-16-50)40(31)46(58)41-42(47)44(56)30-9-8-10-33(60-5)39(30)45(41)57/h6,8-12,15,19,27,32,34,38,43,51,55,58-59H,7,13-14,16-18,20-25H2,1-5H3. The second kappa shape index (κ2) is 21.0. The number of aliphatic hydroxyl groups excluding tert-OH is 2. The van der Waals surface area contributed by atoms with Gasteiger partial charge in [-0.05, 0) is 56.1 Å². The number of ketones is 4. The molecule has 1 amide bonds. The summed E-state index contributed by atoms with van der Waals surface area (Å²) in [4.78, 5) is 71.2. The number of aliphatic hydroxyl groups is 3. The maximum Gasteiger partial charge on any atom is 0.222 e. The highest BCUT2D eigenvalue weighted by Gasteiger charge is 2.51. The number of ether oxygens (including phenoxy) is 5. The minimum Gasteiger partial charge on any atom is -0.507 e. The van der Waals surface area contributed by atoms with Crippen LogP contribution in [0.5, 0.6) is 17.2 Å². The van der Waals surface area contributed by atoms with E-state index in [9.17, 15) is 44.4 Å². The van der Waals surface area contributed by atoms with Crippen LogP contribution in [0.2, 0.25) is 0 Å². The molecule has 1 saturated heterocycles. The predicted octanol–water partition coefficient (Wildman–Crippen LogP) is 4.50. The fourth-order valence-electron chi connectivity index (χ4n) is 8.96. The lowest BCUT2D eigenvalue weighted by Gasteiger charge is -2.45. The zero-order valence-electron chi connectivity index (χ0n) is 37.6. The van der Waals surface area contributed by atoms with Gasteiger partial charge in [0.15, 0.2) is 23.6 Å². The number of carbonyl (C=O) groups excluding carboxylic acids is 5. The number of fused-ring (bicyclic) bond motifs is 3. The van der Waals surface area contributed by atoms with Gasteiger partial charge in [0, 0.05) is 73.7 Å². The van der Waals surface area contributed by atoms with E-state index in [1.807, 2.05) is 35.4 Å². The van der Waals surface area contributed by atoms with Gasteiger partial charge in [-0.2, -0.15) is 0 Å². The van der Waals surface area contributed by atoms with E-state index in [1.54, 1.807) is 27.1 Å². The second-order valence-electron chi connectivity index (χ2n) is 17.1. The lowest BCUT2D eigenvalue weighted by Crippen LogP contribution is -2.54. The number of aromatic hydroxyl groups is 1. The summed E-state index contributed by atoms with van der Waals surface area (Å²) >= 11 is 0. The van der Waals surface area contributed by atoms with E-state index in [0.717, 1.165) is 16.9 Å². The molecule has 2 heterocycles. The monoisotopic (exact) mass is 948 g/mol. The molecule has 66 heavy (non-hydrogen) atoms. The summed E-state index contributed by atoms with van der Waals surface area (Å²) in [5, 5.41) is 45.8. The quantitative estimate of drug-likeness (QED) is 0.0751. The first-order valence-corrected chi connectivity index (χ1v) is 24.2. The Hall–Kier alpha value is -4.79. The van der Waals surface area contributed by atoms with Crippen LogP contribution >= 0.6 is 21.6 Å². The van der Waals surface area contributed by atoms with Crippen LogP contribution in [0, 0.1) is 0 Å². The zero-order valence-corrected chi connectivity index (χ0v) is 39.2. The van der Waals surface area contributed by atoms with E-state index >= 15 is 0 Å². The molecule has 3 aromatic rings. The average molecular weight is 949 g/mol. The molecule has 0 spiro atoms. The molecule has 7 rings (SSSR count). The van der Waals surface area contributed by atoms with Crippen LogP contribution in [-0.4, -0.2) is 143 Å². The van der Waals surface area contributed by atoms with E-state index < -0.39 is 78.8 Å². The van der Waals surface area contributed by atoms with Crippen molar-refractivity contribution in [2.45, 2.75) is 100 Å². The molecule has 6 unspecified atom stereocenters. The molecule has 4 N–H and O–H groups in total. The Labute approximate surface area is 390 Å². The van der Waals surface area contributed by atoms with E-state index in [0.29, 0.717) is 30.7 Å². The molecule has 1 fully saturated rings. The summed E-state index contributed by atoms with van der Waals surface area (Å²) in [5.41, 5.74) is -1.51. The first-order chi connectivity index (χ1) is 31.6. The number of benzene rings is 3. The number of carbonyl (C=O) groups is 5. The molecule has 0 aromatic heterocycles. The van der Waals surface area contributed by atoms with Gasteiger partial charge in [-0.25, -0.2) is 0 Å². The number of hydrogen-bond donors (Lipinski definition) is 4. The third-order valence-corrected chi connectivity index (χ3v) is 14.8. The van der Waals surface area contributed by atoms with Gasteiger partial charge in [0.25, 0.3) is 0 Å². The van der Waals surface area contributed by atoms with Crippen molar-refractivity contribution >= 4 is 50.6 Å². The molecule has 0 bridgehead atoms. The summed E-state index contributed by atoms with van der Waals surface area (Å²) in [6, 6.07) is 9.73. The summed E-state index contributed by atoms with van der Waals surface area (Å²) in [5.74, 6) is -2.55. The van der Waals surface area contributed by atoms with Crippen LogP contribution in [0.15, 0.2) is 53.6 Å². The minimum atomic E-state index is -2.29. The van der Waals surface area contributed by atoms with Crippen LogP contribution < -0.4 is 9.47 Å². The first kappa shape index (κ1) is 49.1. The molecule has 6 atom stereocenters. The Balaban J connectivity index is 1.31. The zero-order chi connectivity index (χ0) is 47.4. The maximum atomic E-state index is 14.7. The Kier molecular flexibility index (Phi) is 15.6. The number of phenolic OH excluding ortho intramolecular Hbond substituents is 1. The number of amides is 1. The third kappa shape index (κ3) is 10.2. The number of rotatable bonds is 19. The van der Waals surface area contributed by atoms with E-state index in [-0.39, 0.29) is 82.8 Å². The fraction of sp³-hybridized carbons (Fsp3) is 0.479. The van der Waals surface area contributed by atoms with E-state index in [2.05, 4.69) is 0 Å². The molecule has 2 aliphatic carbocycles. The topological polar surface area (TPSA) is 219 Å². The van der Waals surface area contributed by atoms with Gasteiger partial charge in [-0.1, -0.05) is 51.9 Å². The van der Waals surface area contributed by atoms with E-state index in [1.165, 1.54) is 52.7 Å². The molecule has 4 aliphatic rings. The molecular formula is C48H56N2O14S2. The number of methoxy groups -OCH3 is 1. The van der Waals surface area contributed by atoms with Crippen molar-refractivity contribution in [1.82, 2.24) is 9.80 Å². The van der Waals surface area contributed by atoms with Crippen molar-refractivity contribution in [3.63, 3.8) is 0 Å². The highest BCUT2D eigenvalue weighted by molar-refractivity contribution is 8.76. The summed E-state index contributed by atoms with van der Waals surface area (Å²) in [6.45, 7) is 2.76. The van der Waals surface area contributed by atoms with Crippen molar-refractivity contribution in [3.05, 3.63) is 93.2 Å². The largest absolute Gasteiger partial charge is 0.507 e. The van der Waals surface area contributed by atoms with Crippen molar-refractivity contribution in [3.8, 4) is 17.2 Å². The van der Waals surface area contributed by atoms with Crippen LogP contribution in [0.25, 0.3) is 0 Å². The van der Waals surface area contributed by atoms with Gasteiger partial charge < -0.3 is 53.9 Å². The average Bonchev–Trinajstić information content (AvgIpc) is 3.84. The van der Waals surface area contributed by atoms with Crippen LogP contribution in [0.4, 0.5) is 0 Å². The summed E-state index contributed by atoms with van der Waals surface area (Å²) in [6.07, 6.45) is 0.660. The van der Waals surface area contributed by atoms with Gasteiger partial charge in [-0.15, -0.1) is 0 Å². The second-order valence-corrected chi connectivity index (χ2v) is 19.6. The molecule has 18 heteroatoms. The molecule has 0 saturated carbocycles. The minimum absolute atomic E-state index is 0.00140. The molecular weight excluding hydrogens is 893 g/mol. The number of phenols is 1. The molecule has 354 valence electrons. The van der Waals surface area contributed by atoms with E-state index in [4.69, 9.17) is 23.7 Å². The Bertz CT molecular complexity index is 2410. The third-order valence-electron chi connectivity index (χ3n) is 12.4. The smallest absolute Gasteiger partial charge is 0.222 e. The van der Waals surface area contributed by atoms with Crippen LogP contribution in [0.1, 0.15) is 99.7 Å². The highest BCUT2D eigenvalue weighted by atomic mass is 33.1. The summed E-state index contributed by atoms with van der Waals surface area (Å²) in [7, 11) is 7.77. The van der Waals surface area contributed by atoms with Gasteiger partial charge in [-0.3, -0.25) is 24.0 Å². The van der Waals surface area contributed by atoms with Crippen molar-refractivity contribution in [2.75, 3.05) is 53.3 Å². The number of nitrogens with zero attached hydrogens (tertiary/aromatic N) is 2. The normalized spacial score (nSPS) is 23.3. The van der Waals surface area contributed by atoms with Gasteiger partial charge in [0.1, 0.15) is 48.8 Å². The van der Waals surface area contributed by atoms with Gasteiger partial charge >= 0.3 is 0 Å². The number of hydrogen-bond acceptors (Lipinski definition) is 17. The van der Waals surface area contributed by atoms with Crippen LogP contribution in [0.3, 0.4) is 0 Å². The molecule has 16 nitrogen and oxygen atoms in total. The van der Waals surface area contributed by atoms with Crippen molar-refractivity contribution in [2.24, 2.45) is 0 Å².